The highest BCUT2D eigenvalue weighted by Crippen LogP contribution is 2.47. The van der Waals surface area contributed by atoms with Crippen LogP contribution in [-0.2, 0) is 6.54 Å². The number of halogens is 1. The third-order valence-corrected chi connectivity index (χ3v) is 5.15. The fourth-order valence-electron chi connectivity index (χ4n) is 3.44. The van der Waals surface area contributed by atoms with Gasteiger partial charge in [0.1, 0.15) is 11.4 Å². The van der Waals surface area contributed by atoms with E-state index in [1.807, 2.05) is 30.8 Å². The molecule has 4 rings (SSSR count). The molecule has 0 atom stereocenters. The molecule has 0 aliphatic carbocycles. The Morgan fingerprint density at radius 3 is 2.72 bits per heavy atom. The van der Waals surface area contributed by atoms with Crippen LogP contribution in [0.2, 0.25) is 0 Å². The van der Waals surface area contributed by atoms with Crippen LogP contribution in [0.5, 0.6) is 5.75 Å². The summed E-state index contributed by atoms with van der Waals surface area (Å²) in [6.45, 7) is 1.41. The van der Waals surface area contributed by atoms with E-state index in [1.54, 1.807) is 19.2 Å². The second kappa shape index (κ2) is 7.94. The van der Waals surface area contributed by atoms with Crippen molar-refractivity contribution in [1.29, 1.82) is 0 Å². The van der Waals surface area contributed by atoms with Gasteiger partial charge in [-0.1, -0.05) is 0 Å². The number of hydrogen-bond acceptors (Lipinski definition) is 7. The molecule has 0 saturated heterocycles. The highest BCUT2D eigenvalue weighted by atomic mass is 35.5. The Labute approximate surface area is 178 Å². The molecular formula is C19H20ClN5O3S. The maximum atomic E-state index is 11.6. The number of likely N-dealkylation sites (N-methyl/N-ethyl adjacent to an activating group) is 1. The number of hydrogen-bond donors (Lipinski definition) is 1. The fourth-order valence-corrected chi connectivity index (χ4v) is 3.72. The van der Waals surface area contributed by atoms with E-state index in [0.717, 1.165) is 23.3 Å². The van der Waals surface area contributed by atoms with Gasteiger partial charge in [-0.25, -0.2) is 4.98 Å². The van der Waals surface area contributed by atoms with E-state index in [9.17, 15) is 10.1 Å². The molecular weight excluding hydrogens is 414 g/mol. The second-order valence-corrected chi connectivity index (χ2v) is 7.21. The Morgan fingerprint density at radius 1 is 1.31 bits per heavy atom. The minimum absolute atomic E-state index is 0. The Balaban J connectivity index is 0.00000240. The summed E-state index contributed by atoms with van der Waals surface area (Å²) in [6, 6.07) is 8.77. The maximum Gasteiger partial charge on any atom is 0.293 e. The van der Waals surface area contributed by atoms with Crippen molar-refractivity contribution in [2.75, 3.05) is 33.1 Å². The Bertz CT molecular complexity index is 1180. The normalized spacial score (nSPS) is 11.6. The number of anilines is 2. The molecule has 1 aliphatic rings. The number of rotatable bonds is 5. The summed E-state index contributed by atoms with van der Waals surface area (Å²) in [7, 11) is 5.56. The number of nitrogens with one attached hydrogen (secondary N) is 1. The van der Waals surface area contributed by atoms with Gasteiger partial charge in [-0.15, -0.1) is 12.4 Å². The Kier molecular flexibility index (Phi) is 5.74. The van der Waals surface area contributed by atoms with Crippen LogP contribution in [0.4, 0.5) is 17.1 Å². The van der Waals surface area contributed by atoms with E-state index < -0.39 is 0 Å². The second-order valence-electron chi connectivity index (χ2n) is 6.85. The van der Waals surface area contributed by atoms with Gasteiger partial charge in [0, 0.05) is 30.4 Å². The molecule has 2 heterocycles. The lowest BCUT2D eigenvalue weighted by molar-refractivity contribution is -0.383. The van der Waals surface area contributed by atoms with Gasteiger partial charge in [0.25, 0.3) is 5.69 Å². The first-order chi connectivity index (χ1) is 13.4. The summed E-state index contributed by atoms with van der Waals surface area (Å²) < 4.78 is 7.71. The van der Waals surface area contributed by atoms with Crippen LogP contribution >= 0.6 is 24.6 Å². The van der Waals surface area contributed by atoms with Gasteiger partial charge in [-0.2, -0.15) is 0 Å². The zero-order valence-corrected chi connectivity index (χ0v) is 17.8. The zero-order valence-electron chi connectivity index (χ0n) is 16.1. The lowest BCUT2D eigenvalue weighted by Crippen LogP contribution is -2.20. The summed E-state index contributed by atoms with van der Waals surface area (Å²) in [5.41, 5.74) is 3.44. The molecule has 0 spiro atoms. The lowest BCUT2D eigenvalue weighted by atomic mass is 9.98. The van der Waals surface area contributed by atoms with Crippen molar-refractivity contribution in [3.05, 3.63) is 45.2 Å². The summed E-state index contributed by atoms with van der Waals surface area (Å²) >= 11 is 5.58. The third kappa shape index (κ3) is 3.52. The first kappa shape index (κ1) is 21.0. The first-order valence-electron chi connectivity index (χ1n) is 8.73. The van der Waals surface area contributed by atoms with Gasteiger partial charge in [-0.3, -0.25) is 10.1 Å². The smallest absolute Gasteiger partial charge is 0.293 e. The van der Waals surface area contributed by atoms with Crippen LogP contribution in [-0.4, -0.2) is 47.1 Å². The molecule has 29 heavy (non-hydrogen) atoms. The molecule has 2 aromatic carbocycles. The largest absolute Gasteiger partial charge is 0.497 e. The Hall–Kier alpha value is -2.75. The predicted molar refractivity (Wildman–Crippen MR) is 118 cm³/mol. The summed E-state index contributed by atoms with van der Waals surface area (Å²) in [6.07, 6.45) is 0. The summed E-state index contributed by atoms with van der Waals surface area (Å²) in [4.78, 5) is 18.0. The van der Waals surface area contributed by atoms with Gasteiger partial charge in [-0.05, 0) is 50.6 Å². The number of ether oxygens (including phenoxy) is 1. The van der Waals surface area contributed by atoms with Crippen molar-refractivity contribution < 1.29 is 9.66 Å². The standard InChI is InChI=1S/C19H19N5O3S.ClH/c1-22(2)8-9-23-14-6-7-15(24(25)26)18-16(14)17(21-19(23)28)12-10-11(27-3)4-5-13(12)20-18;/h4-7,10,20H,8-9H2,1-3H3;1H. The molecule has 0 radical (unpaired) electrons. The molecule has 0 saturated carbocycles. The van der Waals surface area contributed by atoms with Gasteiger partial charge < -0.3 is 19.5 Å². The van der Waals surface area contributed by atoms with E-state index in [1.165, 1.54) is 6.07 Å². The first-order valence-corrected chi connectivity index (χ1v) is 9.13. The number of aromatic nitrogens is 2. The molecule has 3 aromatic rings. The third-order valence-electron chi connectivity index (χ3n) is 4.84. The van der Waals surface area contributed by atoms with Crippen LogP contribution in [0, 0.1) is 14.9 Å². The fraction of sp³-hybridized carbons (Fsp3) is 0.263. The Morgan fingerprint density at radius 2 is 2.07 bits per heavy atom. The van der Waals surface area contributed by atoms with Crippen molar-refractivity contribution in [3.8, 4) is 17.0 Å². The van der Waals surface area contributed by atoms with Crippen molar-refractivity contribution in [2.24, 2.45) is 0 Å². The lowest BCUT2D eigenvalue weighted by Gasteiger charge is -2.24. The number of nitrogens with zero attached hydrogens (tertiary/aromatic N) is 4. The van der Waals surface area contributed by atoms with E-state index in [2.05, 4.69) is 15.2 Å². The number of methoxy groups -OCH3 is 1. The molecule has 0 amide bonds. The monoisotopic (exact) mass is 433 g/mol. The van der Waals surface area contributed by atoms with Crippen LogP contribution in [0.3, 0.4) is 0 Å². The minimum Gasteiger partial charge on any atom is -0.497 e. The van der Waals surface area contributed by atoms with E-state index in [-0.39, 0.29) is 23.0 Å². The van der Waals surface area contributed by atoms with Crippen molar-refractivity contribution >= 4 is 52.6 Å². The van der Waals surface area contributed by atoms with Crippen LogP contribution in [0.15, 0.2) is 30.3 Å². The van der Waals surface area contributed by atoms with E-state index in [0.29, 0.717) is 33.8 Å². The molecule has 10 heteroatoms. The highest BCUT2D eigenvalue weighted by molar-refractivity contribution is 7.71. The van der Waals surface area contributed by atoms with Crippen LogP contribution < -0.4 is 10.1 Å². The molecule has 1 N–H and O–H groups in total. The topological polar surface area (TPSA) is 85.5 Å². The average molecular weight is 434 g/mol. The van der Waals surface area contributed by atoms with Crippen molar-refractivity contribution in [1.82, 2.24) is 14.5 Å². The molecule has 1 aliphatic heterocycles. The zero-order chi connectivity index (χ0) is 20.0. The van der Waals surface area contributed by atoms with Gasteiger partial charge >= 0.3 is 0 Å². The van der Waals surface area contributed by atoms with Crippen LogP contribution in [0.25, 0.3) is 22.2 Å². The summed E-state index contributed by atoms with van der Waals surface area (Å²) in [5, 5.41) is 15.5. The molecule has 1 aromatic heterocycles. The molecule has 0 fully saturated rings. The van der Waals surface area contributed by atoms with Gasteiger partial charge in [0.15, 0.2) is 0 Å². The molecule has 0 bridgehead atoms. The minimum atomic E-state index is -0.383. The average Bonchev–Trinajstić information content (AvgIpc) is 2.66. The van der Waals surface area contributed by atoms with E-state index in [4.69, 9.17) is 17.0 Å². The quantitative estimate of drug-likeness (QED) is 0.284. The van der Waals surface area contributed by atoms with Gasteiger partial charge in [0.05, 0.1) is 28.6 Å². The number of fused-ring (bicyclic) bond motifs is 2. The van der Waals surface area contributed by atoms with E-state index >= 15 is 0 Å². The van der Waals surface area contributed by atoms with Crippen molar-refractivity contribution in [3.63, 3.8) is 0 Å². The van der Waals surface area contributed by atoms with Crippen molar-refractivity contribution in [2.45, 2.75) is 6.54 Å². The molecule has 152 valence electrons. The number of benzene rings is 2. The highest BCUT2D eigenvalue weighted by Gasteiger charge is 2.28. The van der Waals surface area contributed by atoms with Crippen LogP contribution in [0.1, 0.15) is 0 Å². The SMILES string of the molecule is COc1ccc2c(c1)-c1nc(=S)n(CCN(C)C)c3ccc([N+](=O)[O-])c(c13)N2.Cl. The maximum absolute atomic E-state index is 11.6. The predicted octanol–water partition coefficient (Wildman–Crippen LogP) is 4.39. The van der Waals surface area contributed by atoms with Gasteiger partial charge in [0.2, 0.25) is 4.77 Å². The molecule has 8 nitrogen and oxygen atoms in total. The summed E-state index contributed by atoms with van der Waals surface area (Å²) in [5.74, 6) is 0.680. The number of nitro groups is 1. The number of nitro benzene ring substituents is 1. The molecule has 0 unspecified atom stereocenters.